The Balaban J connectivity index is 2.63. The van der Waals surface area contributed by atoms with Crippen LogP contribution in [0, 0.1) is 5.92 Å². The van der Waals surface area contributed by atoms with E-state index in [9.17, 15) is 22.8 Å². The van der Waals surface area contributed by atoms with Crippen LogP contribution in [0.5, 0.6) is 0 Å². The van der Waals surface area contributed by atoms with Gasteiger partial charge in [0.1, 0.15) is 6.54 Å². The van der Waals surface area contributed by atoms with E-state index in [0.29, 0.717) is 12.8 Å². The van der Waals surface area contributed by atoms with Crippen molar-refractivity contribution in [3.63, 3.8) is 0 Å². The Morgan fingerprint density at radius 1 is 1.50 bits per heavy atom. The van der Waals surface area contributed by atoms with Crippen LogP contribution in [0.1, 0.15) is 26.2 Å². The van der Waals surface area contributed by atoms with Crippen LogP contribution in [-0.2, 0) is 9.59 Å². The van der Waals surface area contributed by atoms with E-state index >= 15 is 0 Å². The summed E-state index contributed by atoms with van der Waals surface area (Å²) >= 11 is 0. The summed E-state index contributed by atoms with van der Waals surface area (Å²) in [6.45, 7) is 0.825. The van der Waals surface area contributed by atoms with Gasteiger partial charge in [-0.2, -0.15) is 13.2 Å². The fourth-order valence-electron chi connectivity index (χ4n) is 1.87. The second-order valence-electron chi connectivity index (χ2n) is 4.43. The number of unbranched alkanes of at least 4 members (excludes halogenated alkanes) is 1. The van der Waals surface area contributed by atoms with Crippen LogP contribution >= 0.6 is 0 Å². The molecule has 1 saturated heterocycles. The van der Waals surface area contributed by atoms with Gasteiger partial charge in [-0.15, -0.1) is 0 Å². The van der Waals surface area contributed by atoms with Crippen molar-refractivity contribution < 1.29 is 22.8 Å². The first kappa shape index (κ1) is 14.8. The molecule has 104 valence electrons. The highest BCUT2D eigenvalue weighted by molar-refractivity contribution is 5.89. The monoisotopic (exact) mass is 266 g/mol. The predicted octanol–water partition coefficient (Wildman–Crippen LogP) is 1.31. The van der Waals surface area contributed by atoms with Gasteiger partial charge in [0, 0.05) is 19.5 Å². The Labute approximate surface area is 104 Å². The maximum absolute atomic E-state index is 12.4. The Kier molecular flexibility index (Phi) is 4.98. The number of carbonyl (C=O) groups excluding carboxylic acids is 2. The smallest absolute Gasteiger partial charge is 0.355 e. The molecular formula is C11H17F3N2O2. The van der Waals surface area contributed by atoms with Crippen LogP contribution in [0.3, 0.4) is 0 Å². The Morgan fingerprint density at radius 3 is 2.61 bits per heavy atom. The Hall–Kier alpha value is -1.27. The highest BCUT2D eigenvalue weighted by atomic mass is 19.4. The molecule has 18 heavy (non-hydrogen) atoms. The minimum atomic E-state index is -4.40. The lowest BCUT2D eigenvalue weighted by atomic mass is 10.1. The number of carbonyl (C=O) groups is 2. The van der Waals surface area contributed by atoms with Crippen molar-refractivity contribution in [2.24, 2.45) is 5.92 Å². The molecule has 1 aliphatic rings. The third-order valence-corrected chi connectivity index (χ3v) is 2.79. The van der Waals surface area contributed by atoms with E-state index < -0.39 is 24.5 Å². The van der Waals surface area contributed by atoms with E-state index in [2.05, 4.69) is 5.32 Å². The van der Waals surface area contributed by atoms with Gasteiger partial charge >= 0.3 is 6.18 Å². The quantitative estimate of drug-likeness (QED) is 0.815. The largest absolute Gasteiger partial charge is 0.406 e. The summed E-state index contributed by atoms with van der Waals surface area (Å²) in [5.74, 6) is -1.52. The lowest BCUT2D eigenvalue weighted by Crippen LogP contribution is -2.43. The number of rotatable bonds is 5. The number of halogens is 3. The molecule has 1 atom stereocenters. The molecule has 1 aliphatic heterocycles. The van der Waals surface area contributed by atoms with Gasteiger partial charge < -0.3 is 10.2 Å². The molecule has 0 aliphatic carbocycles. The summed E-state index contributed by atoms with van der Waals surface area (Å²) in [5, 5.41) is 2.46. The topological polar surface area (TPSA) is 49.4 Å². The van der Waals surface area contributed by atoms with Crippen LogP contribution in [0.4, 0.5) is 13.2 Å². The molecule has 4 nitrogen and oxygen atoms in total. The van der Waals surface area contributed by atoms with Gasteiger partial charge in [0.2, 0.25) is 11.8 Å². The summed E-state index contributed by atoms with van der Waals surface area (Å²) in [6.07, 6.45) is -3.18. The number of hydrogen-bond donors (Lipinski definition) is 1. The third kappa shape index (κ3) is 4.54. The first-order chi connectivity index (χ1) is 8.33. The molecule has 0 saturated carbocycles. The van der Waals surface area contributed by atoms with Gasteiger partial charge in [0.15, 0.2) is 0 Å². The summed E-state index contributed by atoms with van der Waals surface area (Å²) in [6, 6.07) is 0. The Morgan fingerprint density at radius 2 is 2.17 bits per heavy atom. The van der Waals surface area contributed by atoms with Gasteiger partial charge in [0.25, 0.3) is 0 Å². The predicted molar refractivity (Wildman–Crippen MR) is 58.7 cm³/mol. The molecule has 2 amide bonds. The molecule has 1 heterocycles. The zero-order valence-electron chi connectivity index (χ0n) is 10.2. The molecule has 1 fully saturated rings. The standard InChI is InChI=1S/C11H17F3N2O2/c1-2-3-4-16(7-11(12,13)14)10(18)8-5-9(17)15-6-8/h8H,2-7H2,1H3,(H,15,17). The zero-order chi connectivity index (χ0) is 13.8. The van der Waals surface area contributed by atoms with Crippen LogP contribution in [0.25, 0.3) is 0 Å². The van der Waals surface area contributed by atoms with Crippen LogP contribution in [0.15, 0.2) is 0 Å². The van der Waals surface area contributed by atoms with Gasteiger partial charge in [-0.25, -0.2) is 0 Å². The van der Waals surface area contributed by atoms with Gasteiger partial charge in [-0.3, -0.25) is 9.59 Å². The number of alkyl halides is 3. The number of amides is 2. The maximum Gasteiger partial charge on any atom is 0.406 e. The average Bonchev–Trinajstić information content (AvgIpc) is 2.68. The van der Waals surface area contributed by atoms with E-state index in [1.807, 2.05) is 6.92 Å². The second kappa shape index (κ2) is 6.06. The van der Waals surface area contributed by atoms with Crippen LogP contribution in [0.2, 0.25) is 0 Å². The Bertz CT molecular complexity index is 318. The molecule has 0 aromatic rings. The molecule has 0 aromatic heterocycles. The van der Waals surface area contributed by atoms with E-state index in [-0.39, 0.29) is 25.4 Å². The van der Waals surface area contributed by atoms with E-state index in [0.717, 1.165) is 4.90 Å². The highest BCUT2D eigenvalue weighted by Gasteiger charge is 2.37. The van der Waals surface area contributed by atoms with Crippen molar-refractivity contribution in [1.82, 2.24) is 10.2 Å². The van der Waals surface area contributed by atoms with Crippen molar-refractivity contribution in [2.45, 2.75) is 32.4 Å². The van der Waals surface area contributed by atoms with Gasteiger partial charge in [-0.05, 0) is 6.42 Å². The molecule has 0 bridgehead atoms. The maximum atomic E-state index is 12.4. The molecule has 0 spiro atoms. The summed E-state index contributed by atoms with van der Waals surface area (Å²) in [4.78, 5) is 23.7. The fraction of sp³-hybridized carbons (Fsp3) is 0.818. The van der Waals surface area contributed by atoms with E-state index in [1.165, 1.54) is 0 Å². The highest BCUT2D eigenvalue weighted by Crippen LogP contribution is 2.20. The first-order valence-corrected chi connectivity index (χ1v) is 5.95. The summed E-state index contributed by atoms with van der Waals surface area (Å²) in [7, 11) is 0. The van der Waals surface area contributed by atoms with Crippen LogP contribution < -0.4 is 5.32 Å². The molecule has 1 N–H and O–H groups in total. The van der Waals surface area contributed by atoms with E-state index in [4.69, 9.17) is 0 Å². The molecular weight excluding hydrogens is 249 g/mol. The van der Waals surface area contributed by atoms with Crippen molar-refractivity contribution in [3.8, 4) is 0 Å². The molecule has 0 radical (unpaired) electrons. The minimum absolute atomic E-state index is 0.0146. The molecule has 1 unspecified atom stereocenters. The van der Waals surface area contributed by atoms with Crippen molar-refractivity contribution in [1.29, 1.82) is 0 Å². The molecule has 1 rings (SSSR count). The van der Waals surface area contributed by atoms with E-state index in [1.54, 1.807) is 0 Å². The zero-order valence-corrected chi connectivity index (χ0v) is 10.2. The molecule has 7 heteroatoms. The van der Waals surface area contributed by atoms with Crippen LogP contribution in [-0.4, -0.2) is 42.5 Å². The van der Waals surface area contributed by atoms with Crippen molar-refractivity contribution in [3.05, 3.63) is 0 Å². The third-order valence-electron chi connectivity index (χ3n) is 2.79. The second-order valence-corrected chi connectivity index (χ2v) is 4.43. The summed E-state index contributed by atoms with van der Waals surface area (Å²) < 4.78 is 37.1. The van der Waals surface area contributed by atoms with Crippen molar-refractivity contribution >= 4 is 11.8 Å². The van der Waals surface area contributed by atoms with Gasteiger partial charge in [-0.1, -0.05) is 13.3 Å². The summed E-state index contributed by atoms with van der Waals surface area (Å²) in [5.41, 5.74) is 0. The minimum Gasteiger partial charge on any atom is -0.355 e. The average molecular weight is 266 g/mol. The first-order valence-electron chi connectivity index (χ1n) is 5.95. The SMILES string of the molecule is CCCCN(CC(F)(F)F)C(=O)C1CNC(=O)C1. The fourth-order valence-corrected chi connectivity index (χ4v) is 1.87. The number of nitrogens with zero attached hydrogens (tertiary/aromatic N) is 1. The lowest BCUT2D eigenvalue weighted by Gasteiger charge is -2.26. The number of nitrogens with one attached hydrogen (secondary N) is 1. The van der Waals surface area contributed by atoms with Gasteiger partial charge in [0.05, 0.1) is 5.92 Å². The van der Waals surface area contributed by atoms with Crippen molar-refractivity contribution in [2.75, 3.05) is 19.6 Å². The normalized spacial score (nSPS) is 19.8. The number of hydrogen-bond acceptors (Lipinski definition) is 2. The lowest BCUT2D eigenvalue weighted by molar-refractivity contribution is -0.163. The molecule has 0 aromatic carbocycles.